The molecule has 0 spiro atoms. The highest BCUT2D eigenvalue weighted by atomic mass is 16.2. The molecule has 1 aromatic heterocycles. The number of hydrogen-bond donors (Lipinski definition) is 1. The molecule has 0 bridgehead atoms. The summed E-state index contributed by atoms with van der Waals surface area (Å²) in [6.07, 6.45) is 2.12. The number of hydrogen-bond acceptors (Lipinski definition) is 4. The zero-order valence-corrected chi connectivity index (χ0v) is 17.3. The van der Waals surface area contributed by atoms with Crippen molar-refractivity contribution in [2.24, 2.45) is 7.05 Å². The Morgan fingerprint density at radius 2 is 2.00 bits per heavy atom. The maximum absolute atomic E-state index is 13.7. The van der Waals surface area contributed by atoms with Gasteiger partial charge in [-0.25, -0.2) is 0 Å². The van der Waals surface area contributed by atoms with Gasteiger partial charge >= 0.3 is 0 Å². The van der Waals surface area contributed by atoms with E-state index in [1.165, 1.54) is 0 Å². The van der Waals surface area contributed by atoms with E-state index in [0.29, 0.717) is 28.5 Å². The molecule has 7 nitrogen and oxygen atoms in total. The first-order chi connectivity index (χ1) is 13.4. The first-order valence-corrected chi connectivity index (χ1v) is 9.92. The number of benzene rings is 1. The molecule has 0 saturated heterocycles. The summed E-state index contributed by atoms with van der Waals surface area (Å²) in [5.74, 6) is -0.314. The van der Waals surface area contributed by atoms with Crippen LogP contribution in [0.1, 0.15) is 49.8 Å². The van der Waals surface area contributed by atoms with Crippen molar-refractivity contribution in [3.8, 4) is 0 Å². The number of carbonyl (C=O) groups excluding carboxylic acids is 2. The Bertz CT molecular complexity index is 889. The lowest BCUT2D eigenvalue weighted by molar-refractivity contribution is -0.122. The van der Waals surface area contributed by atoms with Gasteiger partial charge in [0.25, 0.3) is 5.91 Å². The van der Waals surface area contributed by atoms with E-state index in [1.807, 2.05) is 38.1 Å². The zero-order chi connectivity index (χ0) is 20.4. The fourth-order valence-electron chi connectivity index (χ4n) is 3.80. The number of carbonyl (C=O) groups is 2. The van der Waals surface area contributed by atoms with Crippen molar-refractivity contribution in [3.05, 3.63) is 35.7 Å². The average molecular weight is 383 g/mol. The van der Waals surface area contributed by atoms with E-state index in [9.17, 15) is 9.59 Å². The second-order valence-electron chi connectivity index (χ2n) is 7.21. The second-order valence-corrected chi connectivity index (χ2v) is 7.21. The van der Waals surface area contributed by atoms with Crippen LogP contribution in [-0.2, 0) is 11.8 Å². The molecule has 1 aromatic carbocycles. The van der Waals surface area contributed by atoms with Crippen LogP contribution < -0.4 is 10.2 Å². The third-order valence-electron chi connectivity index (χ3n) is 5.35. The predicted molar refractivity (Wildman–Crippen MR) is 111 cm³/mol. The Hall–Kier alpha value is -2.67. The van der Waals surface area contributed by atoms with Crippen molar-refractivity contribution >= 4 is 28.9 Å². The van der Waals surface area contributed by atoms with Gasteiger partial charge in [0.2, 0.25) is 5.91 Å². The summed E-state index contributed by atoms with van der Waals surface area (Å²) in [6, 6.07) is 7.10. The van der Waals surface area contributed by atoms with Gasteiger partial charge in [-0.05, 0) is 45.5 Å². The lowest BCUT2D eigenvalue weighted by atomic mass is 10.1. The summed E-state index contributed by atoms with van der Waals surface area (Å²) in [6.45, 7) is 9.65. The Morgan fingerprint density at radius 3 is 2.68 bits per heavy atom. The molecule has 0 fully saturated rings. The Morgan fingerprint density at radius 1 is 1.29 bits per heavy atom. The van der Waals surface area contributed by atoms with Gasteiger partial charge in [0, 0.05) is 7.05 Å². The molecule has 1 unspecified atom stereocenters. The van der Waals surface area contributed by atoms with Crippen LogP contribution in [0.25, 0.3) is 0 Å². The zero-order valence-electron chi connectivity index (χ0n) is 17.3. The SMILES string of the molecule is CCCCN(CC)C(C)C(=O)N1c2ccccc2NC(=O)c2c1c(C)nn2C. The van der Waals surface area contributed by atoms with E-state index in [-0.39, 0.29) is 17.9 Å². The van der Waals surface area contributed by atoms with Crippen molar-refractivity contribution < 1.29 is 9.59 Å². The van der Waals surface area contributed by atoms with Crippen LogP contribution in [0.5, 0.6) is 0 Å². The minimum absolute atomic E-state index is 0.0562. The van der Waals surface area contributed by atoms with Crippen molar-refractivity contribution in [2.45, 2.75) is 46.6 Å². The number of likely N-dealkylation sites (N-methyl/N-ethyl adjacent to an activating group) is 1. The molecule has 0 aliphatic carbocycles. The van der Waals surface area contributed by atoms with Crippen LogP contribution in [-0.4, -0.2) is 45.6 Å². The molecule has 150 valence electrons. The van der Waals surface area contributed by atoms with Gasteiger partial charge in [-0.3, -0.25) is 24.1 Å². The van der Waals surface area contributed by atoms with Gasteiger partial charge in [-0.15, -0.1) is 0 Å². The molecule has 2 aromatic rings. The van der Waals surface area contributed by atoms with Crippen LogP contribution in [0, 0.1) is 6.92 Å². The number of nitrogens with one attached hydrogen (secondary N) is 1. The minimum atomic E-state index is -0.315. The number of anilines is 3. The number of unbranched alkanes of at least 4 members (excludes halogenated alkanes) is 1. The molecule has 0 radical (unpaired) electrons. The molecule has 3 rings (SSSR count). The van der Waals surface area contributed by atoms with Crippen molar-refractivity contribution in [1.82, 2.24) is 14.7 Å². The third kappa shape index (κ3) is 3.42. The number of fused-ring (bicyclic) bond motifs is 2. The second kappa shape index (κ2) is 8.14. The van der Waals surface area contributed by atoms with E-state index in [4.69, 9.17) is 0 Å². The quantitative estimate of drug-likeness (QED) is 0.829. The number of rotatable bonds is 6. The van der Waals surface area contributed by atoms with E-state index >= 15 is 0 Å². The Kier molecular flexibility index (Phi) is 5.84. The highest BCUT2D eigenvalue weighted by Crippen LogP contribution is 2.40. The van der Waals surface area contributed by atoms with E-state index < -0.39 is 0 Å². The number of amides is 2. The van der Waals surface area contributed by atoms with Crippen molar-refractivity contribution in [1.29, 1.82) is 0 Å². The van der Waals surface area contributed by atoms with E-state index in [1.54, 1.807) is 16.6 Å². The number of aromatic nitrogens is 2. The largest absolute Gasteiger partial charge is 0.319 e. The van der Waals surface area contributed by atoms with Gasteiger partial charge in [-0.1, -0.05) is 32.4 Å². The molecule has 0 saturated carbocycles. The fourth-order valence-corrected chi connectivity index (χ4v) is 3.80. The topological polar surface area (TPSA) is 70.5 Å². The van der Waals surface area contributed by atoms with Crippen LogP contribution in [0.15, 0.2) is 24.3 Å². The van der Waals surface area contributed by atoms with Crippen LogP contribution in [0.3, 0.4) is 0 Å². The normalized spacial score (nSPS) is 14.4. The highest BCUT2D eigenvalue weighted by Gasteiger charge is 2.36. The van der Waals surface area contributed by atoms with Gasteiger partial charge in [0.05, 0.1) is 23.1 Å². The molecular formula is C21H29N5O2. The lowest BCUT2D eigenvalue weighted by Crippen LogP contribution is -2.46. The number of aryl methyl sites for hydroxylation is 2. The Labute approximate surface area is 166 Å². The minimum Gasteiger partial charge on any atom is -0.319 e. The number of nitrogens with zero attached hydrogens (tertiary/aromatic N) is 4. The first-order valence-electron chi connectivity index (χ1n) is 9.92. The standard InChI is InChI=1S/C21H29N5O2/c1-6-8-13-25(7-2)15(4)21(28)26-17-12-10-9-11-16(17)22-20(27)19-18(26)14(3)23-24(19)5/h9-12,15H,6-8,13H2,1-5H3,(H,22,27). The summed E-state index contributed by atoms with van der Waals surface area (Å²) in [5.41, 5.74) is 2.91. The van der Waals surface area contributed by atoms with Crippen molar-refractivity contribution in [3.63, 3.8) is 0 Å². The summed E-state index contributed by atoms with van der Waals surface area (Å²) in [4.78, 5) is 30.4. The highest BCUT2D eigenvalue weighted by molar-refractivity contribution is 6.18. The van der Waals surface area contributed by atoms with Crippen LogP contribution in [0.2, 0.25) is 0 Å². The molecule has 28 heavy (non-hydrogen) atoms. The van der Waals surface area contributed by atoms with Crippen LogP contribution in [0.4, 0.5) is 17.1 Å². The van der Waals surface area contributed by atoms with Gasteiger partial charge in [-0.2, -0.15) is 5.10 Å². The molecule has 1 aliphatic rings. The monoisotopic (exact) mass is 383 g/mol. The average Bonchev–Trinajstić information content (AvgIpc) is 2.89. The Balaban J connectivity index is 2.12. The number of para-hydroxylation sites is 2. The molecule has 1 N–H and O–H groups in total. The van der Waals surface area contributed by atoms with Gasteiger partial charge in [0.1, 0.15) is 5.69 Å². The lowest BCUT2D eigenvalue weighted by Gasteiger charge is -2.32. The van der Waals surface area contributed by atoms with Gasteiger partial charge in [0.15, 0.2) is 5.69 Å². The maximum Gasteiger partial charge on any atom is 0.276 e. The van der Waals surface area contributed by atoms with E-state index in [2.05, 4.69) is 29.2 Å². The van der Waals surface area contributed by atoms with Gasteiger partial charge < -0.3 is 5.32 Å². The third-order valence-corrected chi connectivity index (χ3v) is 5.35. The summed E-state index contributed by atoms with van der Waals surface area (Å²) < 4.78 is 1.55. The molecular weight excluding hydrogens is 354 g/mol. The summed E-state index contributed by atoms with van der Waals surface area (Å²) in [5, 5.41) is 7.34. The molecule has 1 aliphatic heterocycles. The molecule has 2 amide bonds. The first kappa shape index (κ1) is 20.1. The smallest absolute Gasteiger partial charge is 0.276 e. The fraction of sp³-hybridized carbons (Fsp3) is 0.476. The van der Waals surface area contributed by atoms with E-state index in [0.717, 1.165) is 25.9 Å². The summed E-state index contributed by atoms with van der Waals surface area (Å²) >= 11 is 0. The molecule has 2 heterocycles. The van der Waals surface area contributed by atoms with Crippen molar-refractivity contribution in [2.75, 3.05) is 23.3 Å². The van der Waals surface area contributed by atoms with Crippen LogP contribution >= 0.6 is 0 Å². The summed E-state index contributed by atoms with van der Waals surface area (Å²) in [7, 11) is 1.73. The molecule has 1 atom stereocenters. The predicted octanol–water partition coefficient (Wildman–Crippen LogP) is 3.47. The molecule has 7 heteroatoms. The maximum atomic E-state index is 13.7.